The molecule has 2 rings (SSSR count). The van der Waals surface area contributed by atoms with Gasteiger partial charge in [0.2, 0.25) is 0 Å². The Morgan fingerprint density at radius 1 is 1.44 bits per heavy atom. The zero-order chi connectivity index (χ0) is 13.3. The molecule has 18 heavy (non-hydrogen) atoms. The maximum atomic E-state index is 11.7. The lowest BCUT2D eigenvalue weighted by Gasteiger charge is -2.34. The van der Waals surface area contributed by atoms with Crippen LogP contribution in [-0.4, -0.2) is 40.9 Å². The van der Waals surface area contributed by atoms with Crippen LogP contribution in [0.1, 0.15) is 13.3 Å². The Bertz CT molecular complexity index is 477. The van der Waals surface area contributed by atoms with Crippen molar-refractivity contribution in [3.05, 3.63) is 21.6 Å². The molecule has 0 spiro atoms. The van der Waals surface area contributed by atoms with Crippen molar-refractivity contribution in [3.8, 4) is 0 Å². The van der Waals surface area contributed by atoms with E-state index in [1.165, 1.54) is 4.68 Å². The van der Waals surface area contributed by atoms with E-state index in [9.17, 15) is 4.79 Å². The van der Waals surface area contributed by atoms with Gasteiger partial charge in [0.05, 0.1) is 11.9 Å². The third kappa shape index (κ3) is 2.84. The van der Waals surface area contributed by atoms with Crippen molar-refractivity contribution < 1.29 is 0 Å². The number of piperidine rings is 1. The number of nitrogens with one attached hydrogen (secondary N) is 1. The predicted octanol–water partition coefficient (Wildman–Crippen LogP) is 1.19. The van der Waals surface area contributed by atoms with Crippen molar-refractivity contribution >= 4 is 17.3 Å². The summed E-state index contributed by atoms with van der Waals surface area (Å²) < 4.78 is 1.24. The van der Waals surface area contributed by atoms with Gasteiger partial charge in [0.1, 0.15) is 5.02 Å². The first-order valence-electron chi connectivity index (χ1n) is 6.14. The van der Waals surface area contributed by atoms with Gasteiger partial charge in [-0.25, -0.2) is 4.68 Å². The van der Waals surface area contributed by atoms with Gasteiger partial charge >= 0.3 is 0 Å². The summed E-state index contributed by atoms with van der Waals surface area (Å²) in [7, 11) is 3.70. The predicted molar refractivity (Wildman–Crippen MR) is 73.2 cm³/mol. The Labute approximate surface area is 112 Å². The fraction of sp³-hybridized carbons (Fsp3) is 0.667. The molecule has 1 aliphatic rings. The fourth-order valence-corrected chi connectivity index (χ4v) is 2.78. The molecule has 0 aromatic carbocycles. The van der Waals surface area contributed by atoms with Gasteiger partial charge in [-0.3, -0.25) is 4.79 Å². The van der Waals surface area contributed by atoms with Gasteiger partial charge < -0.3 is 10.2 Å². The zero-order valence-corrected chi connectivity index (χ0v) is 11.7. The Hall–Kier alpha value is -1.07. The molecule has 6 heteroatoms. The number of halogens is 1. The van der Waals surface area contributed by atoms with E-state index in [4.69, 9.17) is 11.6 Å². The van der Waals surface area contributed by atoms with Crippen molar-refractivity contribution in [2.45, 2.75) is 19.4 Å². The first-order valence-corrected chi connectivity index (χ1v) is 6.52. The second-order valence-electron chi connectivity index (χ2n) is 5.20. The smallest absolute Gasteiger partial charge is 0.287 e. The van der Waals surface area contributed by atoms with E-state index < -0.39 is 0 Å². The van der Waals surface area contributed by atoms with Crippen molar-refractivity contribution in [1.82, 2.24) is 14.7 Å². The maximum Gasteiger partial charge on any atom is 0.287 e. The summed E-state index contributed by atoms with van der Waals surface area (Å²) in [5.74, 6) is 0.638. The van der Waals surface area contributed by atoms with Crippen LogP contribution < -0.4 is 10.9 Å². The van der Waals surface area contributed by atoms with Gasteiger partial charge in [-0.2, -0.15) is 5.10 Å². The molecule has 0 amide bonds. The number of aromatic nitrogens is 2. The summed E-state index contributed by atoms with van der Waals surface area (Å²) in [6.07, 6.45) is 2.69. The quantitative estimate of drug-likeness (QED) is 0.877. The van der Waals surface area contributed by atoms with Crippen LogP contribution in [0.3, 0.4) is 0 Å². The zero-order valence-electron chi connectivity index (χ0n) is 11.0. The van der Waals surface area contributed by atoms with Crippen LogP contribution in [-0.2, 0) is 7.05 Å². The number of likely N-dealkylation sites (tertiary alicyclic amines) is 1. The molecule has 0 aliphatic carbocycles. The molecule has 1 fully saturated rings. The number of likely N-dealkylation sites (N-methyl/N-ethyl adjacent to an activating group) is 1. The lowest BCUT2D eigenvalue weighted by molar-refractivity contribution is 0.207. The van der Waals surface area contributed by atoms with Crippen LogP contribution in [0.2, 0.25) is 5.02 Å². The van der Waals surface area contributed by atoms with E-state index in [1.807, 2.05) is 0 Å². The minimum atomic E-state index is -0.265. The molecule has 0 bridgehead atoms. The van der Waals surface area contributed by atoms with Gasteiger partial charge in [-0.15, -0.1) is 0 Å². The van der Waals surface area contributed by atoms with E-state index in [0.717, 1.165) is 19.5 Å². The van der Waals surface area contributed by atoms with Gasteiger partial charge in [0.15, 0.2) is 0 Å². The van der Waals surface area contributed by atoms with E-state index in [2.05, 4.69) is 29.3 Å². The standard InChI is InChI=1S/C12H19ClN4O/c1-8-4-9(7-16(2)6-8)15-10-5-14-17(3)12(18)11(10)13/h5,8-9,15H,4,6-7H2,1-3H3/t8-,9?/m1/s1. The Morgan fingerprint density at radius 3 is 2.83 bits per heavy atom. The van der Waals surface area contributed by atoms with Gasteiger partial charge in [0.25, 0.3) is 5.56 Å². The van der Waals surface area contributed by atoms with E-state index in [0.29, 0.717) is 17.6 Å². The van der Waals surface area contributed by atoms with Crippen molar-refractivity contribution in [1.29, 1.82) is 0 Å². The highest BCUT2D eigenvalue weighted by atomic mass is 35.5. The molecular weight excluding hydrogens is 252 g/mol. The minimum absolute atomic E-state index is 0.216. The molecule has 2 atom stereocenters. The van der Waals surface area contributed by atoms with Crippen LogP contribution >= 0.6 is 11.6 Å². The summed E-state index contributed by atoms with van der Waals surface area (Å²) in [6, 6.07) is 0.310. The van der Waals surface area contributed by atoms with Crippen LogP contribution in [0.25, 0.3) is 0 Å². The van der Waals surface area contributed by atoms with E-state index in [-0.39, 0.29) is 10.6 Å². The monoisotopic (exact) mass is 270 g/mol. The first-order chi connectivity index (χ1) is 8.47. The van der Waals surface area contributed by atoms with E-state index in [1.54, 1.807) is 13.2 Å². The molecule has 1 N–H and O–H groups in total. The molecule has 1 aromatic heterocycles. The average Bonchev–Trinajstić information content (AvgIpc) is 2.29. The molecule has 1 unspecified atom stereocenters. The highest BCUT2D eigenvalue weighted by molar-refractivity contribution is 6.32. The summed E-state index contributed by atoms with van der Waals surface area (Å²) in [4.78, 5) is 14.0. The Balaban J connectivity index is 2.14. The second kappa shape index (κ2) is 5.28. The van der Waals surface area contributed by atoms with Gasteiger partial charge in [0, 0.05) is 26.2 Å². The molecule has 1 saturated heterocycles. The highest BCUT2D eigenvalue weighted by Crippen LogP contribution is 2.21. The molecule has 1 aliphatic heterocycles. The van der Waals surface area contributed by atoms with Crippen LogP contribution in [0.4, 0.5) is 5.69 Å². The van der Waals surface area contributed by atoms with Gasteiger partial charge in [-0.05, 0) is 19.4 Å². The van der Waals surface area contributed by atoms with Crippen molar-refractivity contribution in [2.24, 2.45) is 13.0 Å². The van der Waals surface area contributed by atoms with Gasteiger partial charge in [-0.1, -0.05) is 18.5 Å². The fourth-order valence-electron chi connectivity index (χ4n) is 2.55. The Kier molecular flexibility index (Phi) is 3.92. The van der Waals surface area contributed by atoms with Crippen LogP contribution in [0, 0.1) is 5.92 Å². The molecule has 100 valence electrons. The molecular formula is C12H19ClN4O. The minimum Gasteiger partial charge on any atom is -0.378 e. The normalized spacial score (nSPS) is 25.1. The largest absolute Gasteiger partial charge is 0.378 e. The Morgan fingerprint density at radius 2 is 2.17 bits per heavy atom. The SMILES string of the molecule is C[C@@H]1CC(Nc2cnn(C)c(=O)c2Cl)CN(C)C1. The molecule has 0 saturated carbocycles. The number of hydrogen-bond donors (Lipinski definition) is 1. The number of anilines is 1. The highest BCUT2D eigenvalue weighted by Gasteiger charge is 2.23. The van der Waals surface area contributed by atoms with E-state index >= 15 is 0 Å². The number of nitrogens with zero attached hydrogens (tertiary/aromatic N) is 3. The molecule has 1 aromatic rings. The topological polar surface area (TPSA) is 50.2 Å². The molecule has 0 radical (unpaired) electrons. The second-order valence-corrected chi connectivity index (χ2v) is 5.58. The van der Waals surface area contributed by atoms with Crippen LogP contribution in [0.15, 0.2) is 11.0 Å². The van der Waals surface area contributed by atoms with Crippen LogP contribution in [0.5, 0.6) is 0 Å². The number of rotatable bonds is 2. The lowest BCUT2D eigenvalue weighted by Crippen LogP contribution is -2.43. The summed E-state index contributed by atoms with van der Waals surface area (Å²) in [5, 5.41) is 7.53. The number of aryl methyl sites for hydroxylation is 1. The number of hydrogen-bond acceptors (Lipinski definition) is 4. The first kappa shape index (κ1) is 13.4. The summed E-state index contributed by atoms with van der Waals surface area (Å²) in [5.41, 5.74) is 0.367. The third-order valence-electron chi connectivity index (χ3n) is 3.28. The third-order valence-corrected chi connectivity index (χ3v) is 3.65. The molecule has 2 heterocycles. The summed E-state index contributed by atoms with van der Waals surface area (Å²) in [6.45, 7) is 4.30. The lowest BCUT2D eigenvalue weighted by atomic mass is 9.96. The summed E-state index contributed by atoms with van der Waals surface area (Å²) >= 11 is 6.04. The van der Waals surface area contributed by atoms with Crippen molar-refractivity contribution in [3.63, 3.8) is 0 Å². The van der Waals surface area contributed by atoms with Crippen molar-refractivity contribution in [2.75, 3.05) is 25.5 Å². The maximum absolute atomic E-state index is 11.7. The average molecular weight is 271 g/mol. The molecule has 5 nitrogen and oxygen atoms in total.